The summed E-state index contributed by atoms with van der Waals surface area (Å²) in [6.45, 7) is 2.85. The van der Waals surface area contributed by atoms with Crippen LogP contribution in [0.5, 0.6) is 0 Å². The monoisotopic (exact) mass is 235 g/mol. The molecule has 0 spiro atoms. The van der Waals surface area contributed by atoms with Crippen LogP contribution in [0, 0.1) is 12.3 Å². The average Bonchev–Trinajstić information content (AvgIpc) is 2.55. The van der Waals surface area contributed by atoms with Crippen LogP contribution in [0.1, 0.15) is 19.3 Å². The fourth-order valence-electron chi connectivity index (χ4n) is 2.93. The first-order valence-electron chi connectivity index (χ1n) is 6.35. The van der Waals surface area contributed by atoms with Crippen LogP contribution < -0.4 is 5.32 Å². The number of hydrogen-bond donors (Lipinski definition) is 1. The predicted octanol–water partition coefficient (Wildman–Crippen LogP) is -0.0957. The van der Waals surface area contributed by atoms with E-state index in [2.05, 4.69) is 28.1 Å². The van der Waals surface area contributed by atoms with Crippen molar-refractivity contribution in [2.45, 2.75) is 31.3 Å². The SMILES string of the molecule is C#CCNC(=O)CN1CCC2CCC(C1)N2C. The summed E-state index contributed by atoms with van der Waals surface area (Å²) in [4.78, 5) is 16.3. The highest BCUT2D eigenvalue weighted by atomic mass is 16.2. The molecule has 17 heavy (non-hydrogen) atoms. The summed E-state index contributed by atoms with van der Waals surface area (Å²) >= 11 is 0. The molecule has 0 radical (unpaired) electrons. The van der Waals surface area contributed by atoms with Crippen LogP contribution in [-0.4, -0.2) is 61.0 Å². The van der Waals surface area contributed by atoms with E-state index in [0.717, 1.165) is 19.1 Å². The van der Waals surface area contributed by atoms with Gasteiger partial charge in [-0.05, 0) is 26.3 Å². The first-order chi connectivity index (χ1) is 8.20. The van der Waals surface area contributed by atoms with Gasteiger partial charge in [-0.3, -0.25) is 14.6 Å². The summed E-state index contributed by atoms with van der Waals surface area (Å²) in [6.07, 6.45) is 8.88. The van der Waals surface area contributed by atoms with E-state index < -0.39 is 0 Å². The van der Waals surface area contributed by atoms with Crippen LogP contribution in [0.4, 0.5) is 0 Å². The summed E-state index contributed by atoms with van der Waals surface area (Å²) in [5, 5.41) is 2.72. The predicted molar refractivity (Wildman–Crippen MR) is 67.5 cm³/mol. The van der Waals surface area contributed by atoms with Gasteiger partial charge in [0.05, 0.1) is 13.1 Å². The highest BCUT2D eigenvalue weighted by molar-refractivity contribution is 5.78. The molecule has 4 nitrogen and oxygen atoms in total. The van der Waals surface area contributed by atoms with Crippen molar-refractivity contribution in [3.8, 4) is 12.3 Å². The molecule has 1 N–H and O–H groups in total. The second kappa shape index (κ2) is 5.52. The Hall–Kier alpha value is -1.05. The molecule has 0 aromatic heterocycles. The lowest BCUT2D eigenvalue weighted by molar-refractivity contribution is -0.122. The Balaban J connectivity index is 1.83. The number of likely N-dealkylation sites (tertiary alicyclic amines) is 1. The third kappa shape index (κ3) is 2.99. The van der Waals surface area contributed by atoms with E-state index in [4.69, 9.17) is 6.42 Å². The minimum atomic E-state index is 0.0448. The first kappa shape index (κ1) is 12.4. The second-order valence-corrected chi connectivity index (χ2v) is 5.06. The first-order valence-corrected chi connectivity index (χ1v) is 6.35. The normalized spacial score (nSPS) is 29.6. The summed E-state index contributed by atoms with van der Waals surface area (Å²) in [7, 11) is 2.21. The lowest BCUT2D eigenvalue weighted by Gasteiger charge is -2.25. The molecule has 0 aromatic carbocycles. The molecule has 1 amide bonds. The van der Waals surface area contributed by atoms with E-state index in [1.807, 2.05) is 0 Å². The Morgan fingerprint density at radius 3 is 2.94 bits per heavy atom. The fourth-order valence-corrected chi connectivity index (χ4v) is 2.93. The molecule has 4 heteroatoms. The van der Waals surface area contributed by atoms with E-state index in [1.165, 1.54) is 19.3 Å². The molecule has 2 aliphatic heterocycles. The maximum atomic E-state index is 11.6. The minimum Gasteiger partial charge on any atom is -0.344 e. The van der Waals surface area contributed by atoms with Gasteiger partial charge in [-0.25, -0.2) is 0 Å². The van der Waals surface area contributed by atoms with Gasteiger partial charge in [-0.15, -0.1) is 6.42 Å². The van der Waals surface area contributed by atoms with Gasteiger partial charge in [0.1, 0.15) is 0 Å². The molecule has 0 aromatic rings. The van der Waals surface area contributed by atoms with Crippen molar-refractivity contribution in [1.29, 1.82) is 0 Å². The summed E-state index contributed by atoms with van der Waals surface area (Å²) in [5.74, 6) is 2.47. The number of nitrogens with zero attached hydrogens (tertiary/aromatic N) is 2. The van der Waals surface area contributed by atoms with Crippen molar-refractivity contribution >= 4 is 5.91 Å². The van der Waals surface area contributed by atoms with E-state index >= 15 is 0 Å². The van der Waals surface area contributed by atoms with Gasteiger partial charge >= 0.3 is 0 Å². The highest BCUT2D eigenvalue weighted by Crippen LogP contribution is 2.28. The molecule has 2 aliphatic rings. The number of carbonyl (C=O) groups is 1. The lowest BCUT2D eigenvalue weighted by Crippen LogP contribution is -2.42. The maximum Gasteiger partial charge on any atom is 0.234 e. The number of amides is 1. The van der Waals surface area contributed by atoms with Crippen LogP contribution in [0.25, 0.3) is 0 Å². The Morgan fingerprint density at radius 1 is 1.41 bits per heavy atom. The van der Waals surface area contributed by atoms with Crippen LogP contribution in [0.2, 0.25) is 0 Å². The number of likely N-dealkylation sites (N-methyl/N-ethyl adjacent to an activating group) is 1. The Bertz CT molecular complexity index is 323. The smallest absolute Gasteiger partial charge is 0.234 e. The Labute approximate surface area is 103 Å². The molecule has 2 atom stereocenters. The van der Waals surface area contributed by atoms with Crippen molar-refractivity contribution < 1.29 is 4.79 Å². The molecule has 2 saturated heterocycles. The fraction of sp³-hybridized carbons (Fsp3) is 0.769. The topological polar surface area (TPSA) is 35.6 Å². The third-order valence-corrected chi connectivity index (χ3v) is 3.99. The standard InChI is InChI=1S/C13H21N3O/c1-3-7-14-13(17)10-16-8-6-11-4-5-12(9-16)15(11)2/h1,11-12H,4-10H2,2H3,(H,14,17). The molecule has 2 unspecified atom stereocenters. The van der Waals surface area contributed by atoms with Crippen molar-refractivity contribution in [2.75, 3.05) is 33.2 Å². The van der Waals surface area contributed by atoms with E-state index in [0.29, 0.717) is 19.1 Å². The molecule has 94 valence electrons. The minimum absolute atomic E-state index is 0.0448. The van der Waals surface area contributed by atoms with Gasteiger partial charge in [0.2, 0.25) is 5.91 Å². The van der Waals surface area contributed by atoms with Gasteiger partial charge in [0, 0.05) is 25.2 Å². The second-order valence-electron chi connectivity index (χ2n) is 5.06. The van der Waals surface area contributed by atoms with Crippen LogP contribution in [0.3, 0.4) is 0 Å². The number of fused-ring (bicyclic) bond motifs is 2. The summed E-state index contributed by atoms with van der Waals surface area (Å²) in [5.41, 5.74) is 0. The van der Waals surface area contributed by atoms with Crippen LogP contribution in [0.15, 0.2) is 0 Å². The van der Waals surface area contributed by atoms with E-state index in [-0.39, 0.29) is 5.91 Å². The van der Waals surface area contributed by atoms with Crippen molar-refractivity contribution in [3.63, 3.8) is 0 Å². The maximum absolute atomic E-state index is 11.6. The molecule has 2 heterocycles. The zero-order valence-corrected chi connectivity index (χ0v) is 10.5. The average molecular weight is 235 g/mol. The van der Waals surface area contributed by atoms with E-state index in [9.17, 15) is 4.79 Å². The van der Waals surface area contributed by atoms with Crippen LogP contribution >= 0.6 is 0 Å². The zero-order valence-electron chi connectivity index (χ0n) is 10.5. The Morgan fingerprint density at radius 2 is 2.18 bits per heavy atom. The number of terminal acetylenes is 1. The van der Waals surface area contributed by atoms with Gasteiger partial charge in [0.15, 0.2) is 0 Å². The van der Waals surface area contributed by atoms with Crippen molar-refractivity contribution in [3.05, 3.63) is 0 Å². The molecular formula is C13H21N3O. The van der Waals surface area contributed by atoms with Crippen molar-refractivity contribution in [1.82, 2.24) is 15.1 Å². The largest absolute Gasteiger partial charge is 0.344 e. The third-order valence-electron chi connectivity index (χ3n) is 3.99. The number of carbonyl (C=O) groups excluding carboxylic acids is 1. The van der Waals surface area contributed by atoms with Crippen LogP contribution in [-0.2, 0) is 4.79 Å². The summed E-state index contributed by atoms with van der Waals surface area (Å²) < 4.78 is 0. The quantitative estimate of drug-likeness (QED) is 0.694. The summed E-state index contributed by atoms with van der Waals surface area (Å²) in [6, 6.07) is 1.35. The van der Waals surface area contributed by atoms with Gasteiger partial charge in [-0.2, -0.15) is 0 Å². The van der Waals surface area contributed by atoms with E-state index in [1.54, 1.807) is 0 Å². The molecule has 0 aliphatic carbocycles. The van der Waals surface area contributed by atoms with Gasteiger partial charge < -0.3 is 5.32 Å². The molecular weight excluding hydrogens is 214 g/mol. The molecule has 0 saturated carbocycles. The molecule has 2 bridgehead atoms. The highest BCUT2D eigenvalue weighted by Gasteiger charge is 2.34. The van der Waals surface area contributed by atoms with Crippen molar-refractivity contribution in [2.24, 2.45) is 0 Å². The molecule has 2 rings (SSSR count). The zero-order chi connectivity index (χ0) is 12.3. The molecule has 2 fully saturated rings. The Kier molecular flexibility index (Phi) is 4.03. The number of rotatable bonds is 3. The number of hydrogen-bond acceptors (Lipinski definition) is 3. The van der Waals surface area contributed by atoms with Gasteiger partial charge in [0.25, 0.3) is 0 Å². The number of nitrogens with one attached hydrogen (secondary N) is 1. The van der Waals surface area contributed by atoms with Gasteiger partial charge in [-0.1, -0.05) is 5.92 Å². The lowest BCUT2D eigenvalue weighted by atomic mass is 10.1.